The van der Waals surface area contributed by atoms with Crippen LogP contribution in [0.1, 0.15) is 0 Å². The van der Waals surface area contributed by atoms with E-state index >= 15 is 0 Å². The van der Waals surface area contributed by atoms with Crippen LogP contribution in [0.2, 0.25) is 0 Å². The average molecular weight is 297 g/mol. The summed E-state index contributed by atoms with van der Waals surface area (Å²) < 4.78 is 52.2. The van der Waals surface area contributed by atoms with E-state index in [-0.39, 0.29) is 10.6 Å². The Morgan fingerprint density at radius 1 is 1.25 bits per heavy atom. The molecule has 0 saturated carbocycles. The lowest BCUT2D eigenvalue weighted by Gasteiger charge is -2.11. The second kappa shape index (κ2) is 5.58. The van der Waals surface area contributed by atoms with E-state index in [1.54, 1.807) is 12.1 Å². The summed E-state index contributed by atoms with van der Waals surface area (Å²) in [5, 5.41) is 0. The van der Waals surface area contributed by atoms with Gasteiger partial charge in [-0.15, -0.1) is 0 Å². The third-order valence-electron chi connectivity index (χ3n) is 2.61. The van der Waals surface area contributed by atoms with Crippen LogP contribution in [0.15, 0.2) is 47.4 Å². The van der Waals surface area contributed by atoms with Crippen molar-refractivity contribution in [2.75, 3.05) is 6.26 Å². The van der Waals surface area contributed by atoms with Gasteiger partial charge in [0.2, 0.25) is 0 Å². The van der Waals surface area contributed by atoms with Gasteiger partial charge in [-0.1, -0.05) is 18.2 Å². The molecule has 1 radical (unpaired) electrons. The molecule has 0 saturated heterocycles. The summed E-state index contributed by atoms with van der Waals surface area (Å²) in [6.45, 7) is -2.95. The number of rotatable bonds is 4. The number of ether oxygens (including phenoxy) is 1. The maximum absolute atomic E-state index is 12.4. The maximum Gasteiger partial charge on any atom is 0.387 e. The van der Waals surface area contributed by atoms with Crippen LogP contribution in [0.4, 0.5) is 8.78 Å². The van der Waals surface area contributed by atoms with Crippen molar-refractivity contribution in [3.05, 3.63) is 48.5 Å². The van der Waals surface area contributed by atoms with Gasteiger partial charge in [-0.25, -0.2) is 8.42 Å². The molecule has 0 spiro atoms. The average Bonchev–Trinajstić information content (AvgIpc) is 2.38. The van der Waals surface area contributed by atoms with Crippen LogP contribution in [0.25, 0.3) is 11.1 Å². The Morgan fingerprint density at radius 2 is 2.00 bits per heavy atom. The van der Waals surface area contributed by atoms with Gasteiger partial charge in [-0.2, -0.15) is 8.78 Å². The Labute approximate surface area is 115 Å². The Bertz CT molecular complexity index is 712. The quantitative estimate of drug-likeness (QED) is 0.870. The summed E-state index contributed by atoms with van der Waals surface area (Å²) >= 11 is 0. The van der Waals surface area contributed by atoms with Gasteiger partial charge in [-0.3, -0.25) is 0 Å². The maximum atomic E-state index is 12.4. The molecule has 0 aliphatic carbocycles. The van der Waals surface area contributed by atoms with Gasteiger partial charge >= 0.3 is 6.61 Å². The van der Waals surface area contributed by atoms with E-state index in [2.05, 4.69) is 10.8 Å². The van der Waals surface area contributed by atoms with Crippen LogP contribution >= 0.6 is 0 Å². The number of hydrogen-bond acceptors (Lipinski definition) is 3. The minimum atomic E-state index is -3.37. The van der Waals surface area contributed by atoms with Crippen LogP contribution in [0, 0.1) is 6.07 Å². The lowest BCUT2D eigenvalue weighted by atomic mass is 10.1. The van der Waals surface area contributed by atoms with E-state index in [0.29, 0.717) is 11.1 Å². The summed E-state index contributed by atoms with van der Waals surface area (Å²) in [6, 6.07) is 13.1. The first-order chi connectivity index (χ1) is 9.38. The molecular weight excluding hydrogens is 286 g/mol. The molecule has 0 N–H and O–H groups in total. The third kappa shape index (κ3) is 3.33. The van der Waals surface area contributed by atoms with Crippen molar-refractivity contribution in [1.82, 2.24) is 0 Å². The fourth-order valence-corrected chi connectivity index (χ4v) is 2.40. The minimum Gasteiger partial charge on any atom is -0.434 e. The van der Waals surface area contributed by atoms with Gasteiger partial charge in [0.25, 0.3) is 0 Å². The topological polar surface area (TPSA) is 43.4 Å². The molecule has 0 aliphatic heterocycles. The van der Waals surface area contributed by atoms with Crippen molar-refractivity contribution in [3.63, 3.8) is 0 Å². The molecule has 105 valence electrons. The summed E-state index contributed by atoms with van der Waals surface area (Å²) in [7, 11) is -3.37. The van der Waals surface area contributed by atoms with Gasteiger partial charge in [0.15, 0.2) is 9.84 Å². The van der Waals surface area contributed by atoms with E-state index in [1.165, 1.54) is 30.3 Å². The van der Waals surface area contributed by atoms with Gasteiger partial charge in [-0.05, 0) is 35.9 Å². The highest BCUT2D eigenvalue weighted by Gasteiger charge is 2.13. The first-order valence-electron chi connectivity index (χ1n) is 5.63. The molecular formula is C14H11F2O3S. The molecule has 0 heterocycles. The summed E-state index contributed by atoms with van der Waals surface area (Å²) in [6.07, 6.45) is 1.08. The first kappa shape index (κ1) is 14.5. The van der Waals surface area contributed by atoms with Crippen molar-refractivity contribution in [2.45, 2.75) is 11.5 Å². The fourth-order valence-electron chi connectivity index (χ4n) is 1.73. The molecule has 0 aliphatic rings. The van der Waals surface area contributed by atoms with Crippen LogP contribution in [-0.2, 0) is 9.84 Å². The number of benzene rings is 2. The van der Waals surface area contributed by atoms with Gasteiger partial charge in [0.1, 0.15) is 5.75 Å². The zero-order valence-corrected chi connectivity index (χ0v) is 11.3. The smallest absolute Gasteiger partial charge is 0.387 e. The molecule has 2 aromatic rings. The van der Waals surface area contributed by atoms with Crippen molar-refractivity contribution in [3.8, 4) is 16.9 Å². The van der Waals surface area contributed by atoms with E-state index in [1.807, 2.05) is 0 Å². The van der Waals surface area contributed by atoms with Crippen LogP contribution in [-0.4, -0.2) is 21.3 Å². The molecule has 20 heavy (non-hydrogen) atoms. The Hall–Kier alpha value is -1.95. The molecule has 0 bridgehead atoms. The molecule has 2 rings (SSSR count). The number of hydrogen-bond donors (Lipinski definition) is 0. The molecule has 0 amide bonds. The molecule has 3 nitrogen and oxygen atoms in total. The van der Waals surface area contributed by atoms with Gasteiger partial charge < -0.3 is 4.74 Å². The second-order valence-electron chi connectivity index (χ2n) is 4.10. The standard InChI is InChI=1S/C14H11F2O3S/c1-20(17,18)11-6-4-5-10(9-11)12-7-2-3-8-13(12)19-14(15)16/h3-9,14H,1H3. The molecule has 0 atom stereocenters. The second-order valence-corrected chi connectivity index (χ2v) is 6.12. The van der Waals surface area contributed by atoms with E-state index in [0.717, 1.165) is 6.26 Å². The molecule has 0 aromatic heterocycles. The van der Waals surface area contributed by atoms with Crippen molar-refractivity contribution in [1.29, 1.82) is 0 Å². The Kier molecular flexibility index (Phi) is 4.04. The van der Waals surface area contributed by atoms with Crippen molar-refractivity contribution < 1.29 is 21.9 Å². The zero-order valence-electron chi connectivity index (χ0n) is 10.5. The zero-order chi connectivity index (χ0) is 14.8. The SMILES string of the molecule is CS(=O)(=O)c1cccc(-c2c[c]ccc2OC(F)F)c1. The number of sulfone groups is 1. The van der Waals surface area contributed by atoms with Gasteiger partial charge in [0.05, 0.1) is 4.90 Å². The summed E-state index contributed by atoms with van der Waals surface area (Å²) in [5.41, 5.74) is 0.832. The Balaban J connectivity index is 2.52. The van der Waals surface area contributed by atoms with Gasteiger partial charge in [0, 0.05) is 11.8 Å². The lowest BCUT2D eigenvalue weighted by molar-refractivity contribution is -0.0494. The van der Waals surface area contributed by atoms with E-state index in [4.69, 9.17) is 0 Å². The highest BCUT2D eigenvalue weighted by atomic mass is 32.2. The van der Waals surface area contributed by atoms with E-state index in [9.17, 15) is 17.2 Å². The molecule has 6 heteroatoms. The third-order valence-corrected chi connectivity index (χ3v) is 3.72. The largest absolute Gasteiger partial charge is 0.434 e. The normalized spacial score (nSPS) is 11.6. The highest BCUT2D eigenvalue weighted by molar-refractivity contribution is 7.90. The van der Waals surface area contributed by atoms with Crippen molar-refractivity contribution >= 4 is 9.84 Å². The fraction of sp³-hybridized carbons (Fsp3) is 0.143. The summed E-state index contributed by atoms with van der Waals surface area (Å²) in [5.74, 6) is -0.0237. The van der Waals surface area contributed by atoms with Crippen molar-refractivity contribution in [2.24, 2.45) is 0 Å². The van der Waals surface area contributed by atoms with E-state index < -0.39 is 16.4 Å². The lowest BCUT2D eigenvalue weighted by Crippen LogP contribution is -2.03. The highest BCUT2D eigenvalue weighted by Crippen LogP contribution is 2.31. The molecule has 0 fully saturated rings. The van der Waals surface area contributed by atoms with Crippen LogP contribution in [0.3, 0.4) is 0 Å². The number of halogens is 2. The minimum absolute atomic E-state index is 0.0237. The molecule has 2 aromatic carbocycles. The number of alkyl halides is 2. The van der Waals surface area contributed by atoms with Crippen LogP contribution < -0.4 is 4.74 Å². The first-order valence-corrected chi connectivity index (χ1v) is 7.52. The van der Waals surface area contributed by atoms with Crippen LogP contribution in [0.5, 0.6) is 5.75 Å². The summed E-state index contributed by atoms with van der Waals surface area (Å²) in [4.78, 5) is 0.113. The monoisotopic (exact) mass is 297 g/mol. The predicted octanol–water partition coefficient (Wildman–Crippen LogP) is 3.16. The molecule has 0 unspecified atom stereocenters. The Morgan fingerprint density at radius 3 is 2.65 bits per heavy atom. The predicted molar refractivity (Wildman–Crippen MR) is 70.5 cm³/mol.